The van der Waals surface area contributed by atoms with Crippen LogP contribution < -0.4 is 0 Å². The Kier molecular flexibility index (Phi) is 3.92. The lowest BCUT2D eigenvalue weighted by atomic mass is 9.83. The highest BCUT2D eigenvalue weighted by Gasteiger charge is 2.43. The maximum atomic E-state index is 12.6. The number of rotatable bonds is 4. The molecule has 1 amide bonds. The topological polar surface area (TPSA) is 94.2 Å². The molecule has 1 aliphatic carbocycles. The zero-order chi connectivity index (χ0) is 17.5. The summed E-state index contributed by atoms with van der Waals surface area (Å²) < 4.78 is 11.8. The van der Waals surface area contributed by atoms with E-state index in [1.807, 2.05) is 4.90 Å². The molecule has 0 spiro atoms. The van der Waals surface area contributed by atoms with Gasteiger partial charge < -0.3 is 14.1 Å². The fourth-order valence-electron chi connectivity index (χ4n) is 4.07. The summed E-state index contributed by atoms with van der Waals surface area (Å²) in [6, 6.07) is 0. The molecular formula is C18H21N5O3. The van der Waals surface area contributed by atoms with Gasteiger partial charge in [0.25, 0.3) is 5.91 Å². The van der Waals surface area contributed by atoms with Gasteiger partial charge in [0.1, 0.15) is 5.69 Å². The van der Waals surface area contributed by atoms with Crippen molar-refractivity contribution < 1.29 is 13.9 Å². The molecule has 0 unspecified atom stereocenters. The first-order valence-corrected chi connectivity index (χ1v) is 9.27. The minimum atomic E-state index is -0.0500. The predicted molar refractivity (Wildman–Crippen MR) is 89.2 cm³/mol. The lowest BCUT2D eigenvalue weighted by molar-refractivity contribution is 0.0598. The van der Waals surface area contributed by atoms with Crippen LogP contribution in [0.3, 0.4) is 0 Å². The highest BCUT2D eigenvalue weighted by molar-refractivity contribution is 5.92. The van der Waals surface area contributed by atoms with Crippen LogP contribution in [0.15, 0.2) is 23.0 Å². The summed E-state index contributed by atoms with van der Waals surface area (Å²) >= 11 is 0. The van der Waals surface area contributed by atoms with Gasteiger partial charge in [0.05, 0.1) is 25.3 Å². The van der Waals surface area contributed by atoms with Crippen LogP contribution in [-0.2, 0) is 11.2 Å². The predicted octanol–water partition coefficient (Wildman–Crippen LogP) is 1.46. The molecule has 0 N–H and O–H groups in total. The second-order valence-electron chi connectivity index (χ2n) is 7.44. The van der Waals surface area contributed by atoms with Gasteiger partial charge in [-0.3, -0.25) is 9.78 Å². The van der Waals surface area contributed by atoms with E-state index in [1.54, 1.807) is 12.4 Å². The van der Waals surface area contributed by atoms with Crippen LogP contribution in [0.2, 0.25) is 0 Å². The number of fused-ring (bicyclic) bond motifs is 1. The fraction of sp³-hybridized carbons (Fsp3) is 0.611. The molecule has 8 heteroatoms. The van der Waals surface area contributed by atoms with Gasteiger partial charge >= 0.3 is 0 Å². The largest absolute Gasteiger partial charge is 0.425 e. The van der Waals surface area contributed by atoms with Gasteiger partial charge in [0.2, 0.25) is 11.8 Å². The Morgan fingerprint density at radius 2 is 2.15 bits per heavy atom. The molecule has 3 atom stereocenters. The summed E-state index contributed by atoms with van der Waals surface area (Å²) in [7, 11) is 0. The van der Waals surface area contributed by atoms with E-state index < -0.39 is 0 Å². The number of piperidine rings is 1. The number of nitrogens with zero attached hydrogens (tertiary/aromatic N) is 5. The molecular weight excluding hydrogens is 334 g/mol. The number of carbonyl (C=O) groups is 1. The van der Waals surface area contributed by atoms with Crippen LogP contribution in [0.4, 0.5) is 0 Å². The fourth-order valence-corrected chi connectivity index (χ4v) is 4.07. The number of hydrogen-bond acceptors (Lipinski definition) is 7. The number of hydrogen-bond donors (Lipinski definition) is 0. The molecule has 3 aliphatic rings. The molecule has 0 radical (unpaired) electrons. The van der Waals surface area contributed by atoms with Gasteiger partial charge in [-0.2, -0.15) is 0 Å². The van der Waals surface area contributed by atoms with Gasteiger partial charge in [-0.1, -0.05) is 0 Å². The Labute approximate surface area is 151 Å². The first-order chi connectivity index (χ1) is 12.8. The van der Waals surface area contributed by atoms with Crippen LogP contribution in [0.25, 0.3) is 0 Å². The zero-order valence-corrected chi connectivity index (χ0v) is 14.5. The van der Waals surface area contributed by atoms with E-state index in [9.17, 15) is 4.79 Å². The second-order valence-corrected chi connectivity index (χ2v) is 7.44. The van der Waals surface area contributed by atoms with Crippen LogP contribution in [-0.4, -0.2) is 56.8 Å². The molecule has 2 saturated heterocycles. The summed E-state index contributed by atoms with van der Waals surface area (Å²) in [5.74, 6) is 2.65. The molecule has 0 bridgehead atoms. The van der Waals surface area contributed by atoms with Crippen molar-refractivity contribution in [1.29, 1.82) is 0 Å². The number of ether oxygens (including phenoxy) is 1. The number of carbonyl (C=O) groups excluding carboxylic acids is 1. The second kappa shape index (κ2) is 6.42. The first-order valence-electron chi connectivity index (χ1n) is 9.27. The molecule has 2 aliphatic heterocycles. The van der Waals surface area contributed by atoms with Crippen LogP contribution >= 0.6 is 0 Å². The molecule has 2 aromatic heterocycles. The highest BCUT2D eigenvalue weighted by atomic mass is 16.5. The van der Waals surface area contributed by atoms with E-state index >= 15 is 0 Å². The molecule has 26 heavy (non-hydrogen) atoms. The maximum Gasteiger partial charge on any atom is 0.274 e. The molecule has 2 aromatic rings. The molecule has 1 saturated carbocycles. The smallest absolute Gasteiger partial charge is 0.274 e. The van der Waals surface area contributed by atoms with Gasteiger partial charge in [-0.15, -0.1) is 10.2 Å². The van der Waals surface area contributed by atoms with Gasteiger partial charge in [-0.25, -0.2) is 4.98 Å². The average Bonchev–Trinajstić information content (AvgIpc) is 3.31. The lowest BCUT2D eigenvalue weighted by Crippen LogP contribution is -2.45. The van der Waals surface area contributed by atoms with Crippen molar-refractivity contribution in [2.24, 2.45) is 11.8 Å². The van der Waals surface area contributed by atoms with Crippen molar-refractivity contribution in [2.45, 2.75) is 37.7 Å². The summed E-state index contributed by atoms with van der Waals surface area (Å²) in [4.78, 5) is 22.6. The average molecular weight is 355 g/mol. The van der Waals surface area contributed by atoms with Crippen molar-refractivity contribution in [3.63, 3.8) is 0 Å². The standard InChI is InChI=1S/C18H21N5O3/c24-18(14-8-19-4-5-20-14)23-6-3-13-12(9-23)10-25-15(13)7-16-21-22-17(26-16)11-1-2-11/h4-5,8,11-13,15H,1-3,6-7,9-10H2/t12-,13-,15-/m1/s1. The Bertz CT molecular complexity index is 791. The lowest BCUT2D eigenvalue weighted by Gasteiger charge is -2.35. The van der Waals surface area contributed by atoms with Gasteiger partial charge in [-0.05, 0) is 25.2 Å². The number of likely N-dealkylation sites (tertiary alicyclic amines) is 1. The van der Waals surface area contributed by atoms with E-state index in [0.29, 0.717) is 55.5 Å². The van der Waals surface area contributed by atoms with E-state index in [2.05, 4.69) is 20.2 Å². The Hall–Kier alpha value is -2.35. The molecule has 8 nitrogen and oxygen atoms in total. The van der Waals surface area contributed by atoms with Crippen molar-refractivity contribution in [2.75, 3.05) is 19.7 Å². The summed E-state index contributed by atoms with van der Waals surface area (Å²) in [6.07, 6.45) is 8.64. The van der Waals surface area contributed by atoms with Crippen molar-refractivity contribution in [1.82, 2.24) is 25.1 Å². The van der Waals surface area contributed by atoms with Crippen molar-refractivity contribution in [3.8, 4) is 0 Å². The highest BCUT2D eigenvalue weighted by Crippen LogP contribution is 2.40. The Balaban J connectivity index is 1.22. The summed E-state index contributed by atoms with van der Waals surface area (Å²) in [6.45, 7) is 2.09. The molecule has 136 valence electrons. The van der Waals surface area contributed by atoms with Gasteiger partial charge in [0, 0.05) is 37.3 Å². The quantitative estimate of drug-likeness (QED) is 0.819. The van der Waals surface area contributed by atoms with E-state index in [0.717, 1.165) is 25.2 Å². The van der Waals surface area contributed by atoms with Gasteiger partial charge in [0.15, 0.2) is 0 Å². The molecule has 3 fully saturated rings. The number of aromatic nitrogens is 4. The molecule has 0 aromatic carbocycles. The minimum Gasteiger partial charge on any atom is -0.425 e. The van der Waals surface area contributed by atoms with Crippen LogP contribution in [0.5, 0.6) is 0 Å². The summed E-state index contributed by atoms with van der Waals surface area (Å²) in [5, 5.41) is 8.34. The third-order valence-corrected chi connectivity index (χ3v) is 5.65. The van der Waals surface area contributed by atoms with Crippen molar-refractivity contribution in [3.05, 3.63) is 36.1 Å². The molecule has 4 heterocycles. The van der Waals surface area contributed by atoms with E-state index in [1.165, 1.54) is 6.20 Å². The van der Waals surface area contributed by atoms with E-state index in [4.69, 9.17) is 9.15 Å². The SMILES string of the molecule is O=C(c1cnccn1)N1CC[C@@H]2[C@@H](CO[C@@H]2Cc2nnc(C3CC3)o2)C1. The monoisotopic (exact) mass is 355 g/mol. The zero-order valence-electron chi connectivity index (χ0n) is 14.5. The third-order valence-electron chi connectivity index (χ3n) is 5.65. The third kappa shape index (κ3) is 2.98. The Morgan fingerprint density at radius 3 is 2.96 bits per heavy atom. The Morgan fingerprint density at radius 1 is 1.23 bits per heavy atom. The van der Waals surface area contributed by atoms with Crippen molar-refractivity contribution >= 4 is 5.91 Å². The van der Waals surface area contributed by atoms with Crippen LogP contribution in [0.1, 0.15) is 47.5 Å². The van der Waals surface area contributed by atoms with E-state index in [-0.39, 0.29) is 12.0 Å². The molecule has 5 rings (SSSR count). The number of amides is 1. The first kappa shape index (κ1) is 15.9. The summed E-state index contributed by atoms with van der Waals surface area (Å²) in [5.41, 5.74) is 0.403. The maximum absolute atomic E-state index is 12.6. The normalized spacial score (nSPS) is 28.2. The van der Waals surface area contributed by atoms with Crippen LogP contribution in [0, 0.1) is 11.8 Å². The minimum absolute atomic E-state index is 0.0500.